The molecular formula is C22H19ClN4O2. The number of rotatable bonds is 5. The van der Waals surface area contributed by atoms with E-state index in [-0.39, 0.29) is 11.1 Å². The third-order valence-electron chi connectivity index (χ3n) is 4.71. The second-order valence-electron chi connectivity index (χ2n) is 6.62. The van der Waals surface area contributed by atoms with E-state index in [0.717, 1.165) is 33.6 Å². The summed E-state index contributed by atoms with van der Waals surface area (Å²) in [7, 11) is 1.70. The van der Waals surface area contributed by atoms with Crippen LogP contribution < -0.4 is 0 Å². The molecule has 29 heavy (non-hydrogen) atoms. The van der Waals surface area contributed by atoms with E-state index in [2.05, 4.69) is 10.1 Å². The third kappa shape index (κ3) is 4.05. The molecule has 7 heteroatoms. The van der Waals surface area contributed by atoms with Crippen molar-refractivity contribution in [2.45, 2.75) is 20.4 Å². The van der Waals surface area contributed by atoms with Crippen molar-refractivity contribution in [1.29, 1.82) is 5.26 Å². The normalized spacial score (nSPS) is 11.0. The molecule has 0 aliphatic heterocycles. The minimum Gasteiger partial charge on any atom is -0.478 e. The van der Waals surface area contributed by atoms with Crippen molar-refractivity contribution in [3.05, 3.63) is 75.1 Å². The van der Waals surface area contributed by atoms with Crippen molar-refractivity contribution in [1.82, 2.24) is 9.78 Å². The number of halogens is 1. The summed E-state index contributed by atoms with van der Waals surface area (Å²) >= 11 is 6.38. The highest BCUT2D eigenvalue weighted by Crippen LogP contribution is 2.30. The van der Waals surface area contributed by atoms with Gasteiger partial charge in [0.25, 0.3) is 0 Å². The maximum atomic E-state index is 11.2. The molecule has 6 nitrogen and oxygen atoms in total. The Balaban J connectivity index is 1.98. The lowest BCUT2D eigenvalue weighted by atomic mass is 10.0. The average Bonchev–Trinajstić information content (AvgIpc) is 2.96. The van der Waals surface area contributed by atoms with Gasteiger partial charge in [0.15, 0.2) is 0 Å². The molecule has 0 spiro atoms. The lowest BCUT2D eigenvalue weighted by Gasteiger charge is -2.08. The summed E-state index contributed by atoms with van der Waals surface area (Å²) in [5.74, 6) is -1.12. The first-order valence-corrected chi connectivity index (χ1v) is 9.26. The second-order valence-corrected chi connectivity index (χ2v) is 7.03. The van der Waals surface area contributed by atoms with Crippen LogP contribution in [-0.4, -0.2) is 34.1 Å². The van der Waals surface area contributed by atoms with Crippen LogP contribution >= 0.6 is 11.6 Å². The fourth-order valence-corrected chi connectivity index (χ4v) is 3.57. The van der Waals surface area contributed by atoms with Gasteiger partial charge in [-0.25, -0.2) is 4.79 Å². The Morgan fingerprint density at radius 3 is 2.69 bits per heavy atom. The Morgan fingerprint density at radius 1 is 1.31 bits per heavy atom. The predicted molar refractivity (Wildman–Crippen MR) is 113 cm³/mol. The Hall–Kier alpha value is -3.43. The number of benzene rings is 2. The van der Waals surface area contributed by atoms with E-state index in [1.807, 2.05) is 42.8 Å². The van der Waals surface area contributed by atoms with Crippen LogP contribution in [0.1, 0.15) is 38.4 Å². The SMILES string of the molecule is CN=Cc1ccc(-c2c(C)nn(Cc3ccc(C(=O)O)c(C#N)c3)c2C)cc1Cl. The minimum atomic E-state index is -1.12. The second kappa shape index (κ2) is 8.29. The van der Waals surface area contributed by atoms with Gasteiger partial charge in [0.05, 0.1) is 23.4 Å². The van der Waals surface area contributed by atoms with Crippen LogP contribution in [-0.2, 0) is 6.54 Å². The van der Waals surface area contributed by atoms with Crippen LogP contribution in [0.15, 0.2) is 41.4 Å². The molecule has 3 rings (SSSR count). The highest BCUT2D eigenvalue weighted by Gasteiger charge is 2.16. The molecule has 0 radical (unpaired) electrons. The smallest absolute Gasteiger partial charge is 0.337 e. The molecule has 0 aliphatic carbocycles. The summed E-state index contributed by atoms with van der Waals surface area (Å²) in [5, 5.41) is 23.7. The molecule has 0 saturated heterocycles. The lowest BCUT2D eigenvalue weighted by Crippen LogP contribution is -2.06. The van der Waals surface area contributed by atoms with Crippen molar-refractivity contribution < 1.29 is 9.90 Å². The molecule has 0 unspecified atom stereocenters. The van der Waals surface area contributed by atoms with Gasteiger partial charge in [0.2, 0.25) is 0 Å². The monoisotopic (exact) mass is 406 g/mol. The van der Waals surface area contributed by atoms with Gasteiger partial charge in [-0.2, -0.15) is 10.4 Å². The third-order valence-corrected chi connectivity index (χ3v) is 5.03. The molecule has 1 aromatic heterocycles. The molecule has 2 aromatic carbocycles. The fraction of sp³-hybridized carbons (Fsp3) is 0.182. The Bertz CT molecular complexity index is 1170. The molecule has 1 N–H and O–H groups in total. The largest absolute Gasteiger partial charge is 0.478 e. The Kier molecular flexibility index (Phi) is 5.81. The highest BCUT2D eigenvalue weighted by atomic mass is 35.5. The molecule has 0 aliphatic rings. The van der Waals surface area contributed by atoms with Gasteiger partial charge < -0.3 is 5.11 Å². The van der Waals surface area contributed by atoms with E-state index >= 15 is 0 Å². The van der Waals surface area contributed by atoms with E-state index < -0.39 is 5.97 Å². The topological polar surface area (TPSA) is 91.3 Å². The molecule has 0 atom stereocenters. The number of hydrogen-bond donors (Lipinski definition) is 1. The van der Waals surface area contributed by atoms with Gasteiger partial charge in [-0.1, -0.05) is 29.8 Å². The first-order chi connectivity index (χ1) is 13.8. The highest BCUT2D eigenvalue weighted by molar-refractivity contribution is 6.33. The summed E-state index contributed by atoms with van der Waals surface area (Å²) < 4.78 is 1.84. The Labute approximate surface area is 173 Å². The molecular weight excluding hydrogens is 388 g/mol. The first-order valence-electron chi connectivity index (χ1n) is 8.88. The average molecular weight is 407 g/mol. The first kappa shape index (κ1) is 20.3. The number of aromatic nitrogens is 2. The van der Waals surface area contributed by atoms with Crippen LogP contribution in [0.3, 0.4) is 0 Å². The van der Waals surface area contributed by atoms with E-state index in [1.165, 1.54) is 6.07 Å². The number of aromatic carboxylic acids is 1. The molecule has 0 bridgehead atoms. The van der Waals surface area contributed by atoms with Gasteiger partial charge in [-0.05, 0) is 43.2 Å². The number of carbonyl (C=O) groups is 1. The summed E-state index contributed by atoms with van der Waals surface area (Å²) in [6.07, 6.45) is 1.71. The molecule has 1 heterocycles. The summed E-state index contributed by atoms with van der Waals surface area (Å²) in [6.45, 7) is 4.33. The van der Waals surface area contributed by atoms with Gasteiger partial charge in [-0.3, -0.25) is 9.67 Å². The van der Waals surface area contributed by atoms with Gasteiger partial charge in [0.1, 0.15) is 6.07 Å². The van der Waals surface area contributed by atoms with Crippen molar-refractivity contribution >= 4 is 23.8 Å². The maximum Gasteiger partial charge on any atom is 0.337 e. The predicted octanol–water partition coefficient (Wildman–Crippen LogP) is 4.49. The maximum absolute atomic E-state index is 11.2. The number of carboxylic acid groups (broad SMARTS) is 1. The van der Waals surface area contributed by atoms with E-state index in [1.54, 1.807) is 25.4 Å². The van der Waals surface area contributed by atoms with Crippen molar-refractivity contribution in [2.24, 2.45) is 4.99 Å². The number of carboxylic acids is 1. The van der Waals surface area contributed by atoms with Crippen LogP contribution in [0.4, 0.5) is 0 Å². The number of aliphatic imine (C=N–C) groups is 1. The zero-order valence-electron chi connectivity index (χ0n) is 16.3. The summed E-state index contributed by atoms with van der Waals surface area (Å²) in [5.41, 5.74) is 5.55. The lowest BCUT2D eigenvalue weighted by molar-refractivity contribution is 0.0696. The van der Waals surface area contributed by atoms with Crippen LogP contribution in [0, 0.1) is 25.2 Å². The van der Waals surface area contributed by atoms with E-state index in [4.69, 9.17) is 11.6 Å². The van der Waals surface area contributed by atoms with Gasteiger partial charge in [0, 0.05) is 35.1 Å². The molecule has 146 valence electrons. The van der Waals surface area contributed by atoms with Crippen LogP contribution in [0.5, 0.6) is 0 Å². The number of aryl methyl sites for hydroxylation is 1. The number of nitrogens with zero attached hydrogens (tertiary/aromatic N) is 4. The van der Waals surface area contributed by atoms with Crippen molar-refractivity contribution in [2.75, 3.05) is 7.05 Å². The molecule has 0 fully saturated rings. The van der Waals surface area contributed by atoms with E-state index in [0.29, 0.717) is 11.6 Å². The number of hydrogen-bond acceptors (Lipinski definition) is 4. The minimum absolute atomic E-state index is 0.00402. The Morgan fingerprint density at radius 2 is 2.07 bits per heavy atom. The van der Waals surface area contributed by atoms with Crippen molar-refractivity contribution in [3.8, 4) is 17.2 Å². The quantitative estimate of drug-likeness (QED) is 0.632. The summed E-state index contributed by atoms with van der Waals surface area (Å²) in [6, 6.07) is 12.5. The molecule has 0 saturated carbocycles. The van der Waals surface area contributed by atoms with Gasteiger partial charge in [-0.15, -0.1) is 0 Å². The van der Waals surface area contributed by atoms with Crippen LogP contribution in [0.2, 0.25) is 5.02 Å². The van der Waals surface area contributed by atoms with E-state index in [9.17, 15) is 15.2 Å². The molecule has 0 amide bonds. The zero-order valence-corrected chi connectivity index (χ0v) is 17.0. The number of nitriles is 1. The standard InChI is InChI=1S/C22H19ClN4O2/c1-13-21(16-5-6-17(11-25-3)20(23)9-16)14(2)27(26-13)12-15-4-7-19(22(28)29)18(8-15)10-24/h4-9,11H,12H2,1-3H3,(H,28,29). The van der Waals surface area contributed by atoms with Gasteiger partial charge >= 0.3 is 5.97 Å². The molecule has 3 aromatic rings. The van der Waals surface area contributed by atoms with Crippen molar-refractivity contribution in [3.63, 3.8) is 0 Å². The fourth-order valence-electron chi connectivity index (χ4n) is 3.34. The summed E-state index contributed by atoms with van der Waals surface area (Å²) in [4.78, 5) is 15.2. The van der Waals surface area contributed by atoms with Crippen LogP contribution in [0.25, 0.3) is 11.1 Å². The zero-order chi connectivity index (χ0) is 21.1.